The molecule has 0 aliphatic heterocycles. The van der Waals surface area contributed by atoms with Crippen LogP contribution in [0, 0.1) is 0 Å². The summed E-state index contributed by atoms with van der Waals surface area (Å²) in [5, 5.41) is 4.27. The molecule has 0 fully saturated rings. The van der Waals surface area contributed by atoms with Crippen LogP contribution >= 0.6 is 0 Å². The molecule has 0 unspecified atom stereocenters. The summed E-state index contributed by atoms with van der Waals surface area (Å²) in [6, 6.07) is 9.75. The number of nitrogens with one attached hydrogen (secondary N) is 1. The van der Waals surface area contributed by atoms with E-state index in [0.29, 0.717) is 17.3 Å². The number of nitrogen functional groups attached to an aromatic ring is 1. The van der Waals surface area contributed by atoms with Crippen LogP contribution in [0.4, 0.5) is 17.2 Å². The van der Waals surface area contributed by atoms with Gasteiger partial charge in [-0.15, -0.1) is 0 Å². The lowest BCUT2D eigenvalue weighted by Crippen LogP contribution is -2.06. The molecule has 112 valence electrons. The lowest BCUT2D eigenvalue weighted by atomic mass is 10.2. The van der Waals surface area contributed by atoms with Crippen molar-refractivity contribution < 1.29 is 0 Å². The van der Waals surface area contributed by atoms with E-state index >= 15 is 0 Å². The Kier molecular flexibility index (Phi) is 3.09. The van der Waals surface area contributed by atoms with Crippen molar-refractivity contribution in [2.45, 2.75) is 0 Å². The zero-order chi connectivity index (χ0) is 15.6. The van der Waals surface area contributed by atoms with Crippen molar-refractivity contribution in [3.63, 3.8) is 0 Å². The third kappa shape index (κ3) is 2.34. The third-order valence-corrected chi connectivity index (χ3v) is 3.51. The van der Waals surface area contributed by atoms with Crippen LogP contribution in [0.2, 0.25) is 0 Å². The van der Waals surface area contributed by atoms with Gasteiger partial charge in [-0.2, -0.15) is 0 Å². The fourth-order valence-electron chi connectivity index (χ4n) is 2.42. The predicted octanol–water partition coefficient (Wildman–Crippen LogP) is 2.54. The number of nitrogens with two attached hydrogens (primary N) is 1. The minimum absolute atomic E-state index is 0.450. The zero-order valence-corrected chi connectivity index (χ0v) is 12.1. The van der Waals surface area contributed by atoms with Crippen LogP contribution < -0.4 is 11.1 Å². The summed E-state index contributed by atoms with van der Waals surface area (Å²) in [5.41, 5.74) is 8.45. The van der Waals surface area contributed by atoms with Gasteiger partial charge in [-0.3, -0.25) is 9.55 Å². The largest absolute Gasteiger partial charge is 0.393 e. The second-order valence-electron chi connectivity index (χ2n) is 4.93. The average Bonchev–Trinajstić information content (AvgIpc) is 3.11. The second kappa shape index (κ2) is 5.38. The topological polar surface area (TPSA) is 94.5 Å². The van der Waals surface area contributed by atoms with Crippen molar-refractivity contribution in [3.8, 4) is 5.82 Å². The van der Waals surface area contributed by atoms with Crippen LogP contribution in [0.1, 0.15) is 0 Å². The number of fused-ring (bicyclic) bond motifs is 1. The Morgan fingerprint density at radius 1 is 1.00 bits per heavy atom. The molecule has 0 aliphatic carbocycles. The minimum atomic E-state index is 0.450. The number of benzene rings is 1. The Morgan fingerprint density at radius 3 is 2.83 bits per heavy atom. The number of aromatic nitrogens is 5. The number of anilines is 3. The van der Waals surface area contributed by atoms with Gasteiger partial charge in [0, 0.05) is 29.7 Å². The van der Waals surface area contributed by atoms with Crippen molar-refractivity contribution in [1.82, 2.24) is 24.5 Å². The summed E-state index contributed by atoms with van der Waals surface area (Å²) < 4.78 is 1.74. The van der Waals surface area contributed by atoms with Crippen molar-refractivity contribution in [1.29, 1.82) is 0 Å². The van der Waals surface area contributed by atoms with Crippen molar-refractivity contribution >= 4 is 28.1 Å². The molecule has 23 heavy (non-hydrogen) atoms. The predicted molar refractivity (Wildman–Crippen MR) is 88.6 cm³/mol. The van der Waals surface area contributed by atoms with Gasteiger partial charge in [-0.25, -0.2) is 15.0 Å². The van der Waals surface area contributed by atoms with Gasteiger partial charge >= 0.3 is 0 Å². The molecule has 0 bridgehead atoms. The number of imidazole rings is 1. The van der Waals surface area contributed by atoms with Gasteiger partial charge in [-0.1, -0.05) is 6.07 Å². The lowest BCUT2D eigenvalue weighted by molar-refractivity contribution is 0.977. The monoisotopic (exact) mass is 303 g/mol. The van der Waals surface area contributed by atoms with Gasteiger partial charge in [0.1, 0.15) is 18.3 Å². The molecule has 7 heteroatoms. The standard InChI is InChI=1S/C16H13N7/c17-14-15(20-9-21-16(14)23-8-7-18-10-23)22-13-5-1-4-12-11(13)3-2-6-19-12/h1-10H,17H2,(H,20,21,22). The van der Waals surface area contributed by atoms with E-state index in [9.17, 15) is 0 Å². The molecule has 3 aromatic heterocycles. The van der Waals surface area contributed by atoms with E-state index in [1.165, 1.54) is 6.33 Å². The molecule has 4 aromatic rings. The fourth-order valence-corrected chi connectivity index (χ4v) is 2.42. The van der Waals surface area contributed by atoms with Gasteiger partial charge in [0.05, 0.1) is 5.52 Å². The maximum absolute atomic E-state index is 6.21. The van der Waals surface area contributed by atoms with Crippen LogP contribution in [0.15, 0.2) is 61.6 Å². The highest BCUT2D eigenvalue weighted by molar-refractivity contribution is 5.93. The van der Waals surface area contributed by atoms with E-state index in [4.69, 9.17) is 5.73 Å². The van der Waals surface area contributed by atoms with E-state index in [2.05, 4.69) is 25.3 Å². The molecule has 0 aliphatic rings. The Labute approximate surface area is 131 Å². The highest BCUT2D eigenvalue weighted by Crippen LogP contribution is 2.28. The van der Waals surface area contributed by atoms with Crippen LogP contribution in [-0.4, -0.2) is 24.5 Å². The van der Waals surface area contributed by atoms with Crippen molar-refractivity contribution in [3.05, 3.63) is 61.6 Å². The Balaban J connectivity index is 1.78. The summed E-state index contributed by atoms with van der Waals surface area (Å²) >= 11 is 0. The molecular formula is C16H13N7. The number of hydrogen-bond acceptors (Lipinski definition) is 6. The van der Waals surface area contributed by atoms with Gasteiger partial charge in [-0.05, 0) is 24.3 Å². The average molecular weight is 303 g/mol. The first kappa shape index (κ1) is 13.2. The number of hydrogen-bond donors (Lipinski definition) is 2. The first-order valence-corrected chi connectivity index (χ1v) is 7.02. The quantitative estimate of drug-likeness (QED) is 0.604. The van der Waals surface area contributed by atoms with Crippen LogP contribution in [0.25, 0.3) is 16.7 Å². The van der Waals surface area contributed by atoms with Gasteiger partial charge in [0.15, 0.2) is 11.6 Å². The molecule has 0 spiro atoms. The summed E-state index contributed by atoms with van der Waals surface area (Å²) in [4.78, 5) is 16.8. The maximum Gasteiger partial charge on any atom is 0.166 e. The van der Waals surface area contributed by atoms with Crippen molar-refractivity contribution in [2.24, 2.45) is 0 Å². The molecular weight excluding hydrogens is 290 g/mol. The second-order valence-corrected chi connectivity index (χ2v) is 4.93. The molecule has 0 amide bonds. The minimum Gasteiger partial charge on any atom is -0.393 e. The summed E-state index contributed by atoms with van der Waals surface area (Å²) in [7, 11) is 0. The van der Waals surface area contributed by atoms with E-state index in [-0.39, 0.29) is 0 Å². The Bertz CT molecular complexity index is 958. The molecule has 3 heterocycles. The molecule has 1 aromatic carbocycles. The highest BCUT2D eigenvalue weighted by atomic mass is 15.1. The number of nitrogens with zero attached hydrogens (tertiary/aromatic N) is 5. The smallest absolute Gasteiger partial charge is 0.166 e. The highest BCUT2D eigenvalue weighted by Gasteiger charge is 2.11. The first-order valence-electron chi connectivity index (χ1n) is 7.02. The van der Waals surface area contributed by atoms with Crippen LogP contribution in [0.3, 0.4) is 0 Å². The third-order valence-electron chi connectivity index (χ3n) is 3.51. The van der Waals surface area contributed by atoms with Crippen molar-refractivity contribution in [2.75, 3.05) is 11.1 Å². The molecule has 0 saturated heterocycles. The molecule has 0 saturated carbocycles. The first-order chi connectivity index (χ1) is 11.3. The number of pyridine rings is 1. The van der Waals surface area contributed by atoms with E-state index in [1.54, 1.807) is 29.5 Å². The Hall–Kier alpha value is -3.48. The summed E-state index contributed by atoms with van der Waals surface area (Å²) in [5.74, 6) is 1.12. The Morgan fingerprint density at radius 2 is 1.96 bits per heavy atom. The maximum atomic E-state index is 6.21. The van der Waals surface area contributed by atoms with Gasteiger partial charge in [0.2, 0.25) is 0 Å². The van der Waals surface area contributed by atoms with E-state index in [1.807, 2.05) is 30.3 Å². The summed E-state index contributed by atoms with van der Waals surface area (Å²) in [6.07, 6.45) is 8.33. The molecule has 0 radical (unpaired) electrons. The molecule has 0 atom stereocenters. The van der Waals surface area contributed by atoms with E-state index in [0.717, 1.165) is 16.6 Å². The SMILES string of the molecule is Nc1c(Nc2cccc3ncccc23)ncnc1-n1ccnc1. The number of rotatable bonds is 3. The molecule has 7 nitrogen and oxygen atoms in total. The van der Waals surface area contributed by atoms with Crippen LogP contribution in [0.5, 0.6) is 0 Å². The molecule has 3 N–H and O–H groups in total. The van der Waals surface area contributed by atoms with E-state index < -0.39 is 0 Å². The van der Waals surface area contributed by atoms with Gasteiger partial charge < -0.3 is 11.1 Å². The fraction of sp³-hybridized carbons (Fsp3) is 0. The van der Waals surface area contributed by atoms with Crippen LogP contribution in [-0.2, 0) is 0 Å². The lowest BCUT2D eigenvalue weighted by Gasteiger charge is -2.12. The normalized spacial score (nSPS) is 10.8. The van der Waals surface area contributed by atoms with Gasteiger partial charge in [0.25, 0.3) is 0 Å². The molecule has 4 rings (SSSR count). The summed E-state index contributed by atoms with van der Waals surface area (Å²) in [6.45, 7) is 0. The zero-order valence-electron chi connectivity index (χ0n) is 12.1.